The first-order chi connectivity index (χ1) is 6.63. The van der Waals surface area contributed by atoms with Crippen molar-refractivity contribution in [3.05, 3.63) is 18.2 Å². The average molecular weight is 214 g/mol. The van der Waals surface area contributed by atoms with E-state index in [4.69, 9.17) is 9.47 Å². The van der Waals surface area contributed by atoms with E-state index in [0.717, 1.165) is 0 Å². The van der Waals surface area contributed by atoms with Crippen LogP contribution in [0.5, 0.6) is 11.5 Å². The normalized spacial score (nSPS) is 14.4. The molecule has 0 atom stereocenters. The van der Waals surface area contributed by atoms with Gasteiger partial charge in [-0.05, 0) is 12.1 Å². The van der Waals surface area contributed by atoms with Gasteiger partial charge in [0.25, 0.3) is 0 Å². The maximum absolute atomic E-state index is 11.5. The van der Waals surface area contributed by atoms with Gasteiger partial charge in [0.15, 0.2) is 21.3 Å². The van der Waals surface area contributed by atoms with Crippen LogP contribution in [0, 0.1) is 0 Å². The van der Waals surface area contributed by atoms with Gasteiger partial charge in [0, 0.05) is 6.07 Å². The molecule has 0 spiro atoms. The second-order valence-electron chi connectivity index (χ2n) is 2.92. The number of fused-ring (bicyclic) bond motifs is 1. The molecule has 0 fully saturated rings. The van der Waals surface area contributed by atoms with E-state index in [9.17, 15) is 8.42 Å². The number of benzene rings is 1. The van der Waals surface area contributed by atoms with Gasteiger partial charge < -0.3 is 9.47 Å². The van der Waals surface area contributed by atoms with E-state index >= 15 is 0 Å². The Morgan fingerprint density at radius 3 is 2.71 bits per heavy atom. The zero-order valence-corrected chi connectivity index (χ0v) is 8.50. The van der Waals surface area contributed by atoms with Crippen molar-refractivity contribution in [2.75, 3.05) is 12.5 Å². The molecule has 1 aliphatic heterocycles. The predicted molar refractivity (Wildman–Crippen MR) is 50.3 cm³/mol. The molecule has 1 heterocycles. The summed E-state index contributed by atoms with van der Waals surface area (Å²) in [5.74, 6) is 1.19. The molecule has 5 heteroatoms. The fraction of sp³-hybridized carbons (Fsp3) is 0.333. The van der Waals surface area contributed by atoms with E-state index in [1.54, 1.807) is 13.0 Å². The zero-order chi connectivity index (χ0) is 10.2. The molecule has 0 bridgehead atoms. The molecule has 0 unspecified atom stereocenters. The third kappa shape index (κ3) is 1.43. The summed E-state index contributed by atoms with van der Waals surface area (Å²) >= 11 is 0. The van der Waals surface area contributed by atoms with Gasteiger partial charge in [-0.1, -0.05) is 6.92 Å². The van der Waals surface area contributed by atoms with Crippen molar-refractivity contribution in [1.82, 2.24) is 0 Å². The smallest absolute Gasteiger partial charge is 0.231 e. The molecule has 0 N–H and O–H groups in total. The lowest BCUT2D eigenvalue weighted by molar-refractivity contribution is 0.174. The van der Waals surface area contributed by atoms with Gasteiger partial charge >= 0.3 is 0 Å². The average Bonchev–Trinajstić information content (AvgIpc) is 2.64. The lowest BCUT2D eigenvalue weighted by Gasteiger charge is -2.01. The summed E-state index contributed by atoms with van der Waals surface area (Å²) in [6, 6.07) is 4.65. The van der Waals surface area contributed by atoms with E-state index in [2.05, 4.69) is 0 Å². The minimum absolute atomic E-state index is 0.0899. The van der Waals surface area contributed by atoms with Crippen molar-refractivity contribution in [2.45, 2.75) is 11.8 Å². The third-order valence-electron chi connectivity index (χ3n) is 2.08. The van der Waals surface area contributed by atoms with Crippen molar-refractivity contribution in [2.24, 2.45) is 0 Å². The van der Waals surface area contributed by atoms with Gasteiger partial charge in [-0.2, -0.15) is 0 Å². The van der Waals surface area contributed by atoms with E-state index in [0.29, 0.717) is 11.5 Å². The Bertz CT molecular complexity index is 450. The fourth-order valence-electron chi connectivity index (χ4n) is 1.24. The molecule has 0 saturated heterocycles. The zero-order valence-electron chi connectivity index (χ0n) is 7.69. The Labute approximate surface area is 82.4 Å². The second kappa shape index (κ2) is 3.16. The molecule has 0 amide bonds. The van der Waals surface area contributed by atoms with Crippen LogP contribution in [0.3, 0.4) is 0 Å². The van der Waals surface area contributed by atoms with E-state index in [1.807, 2.05) is 0 Å². The van der Waals surface area contributed by atoms with Crippen molar-refractivity contribution in [3.8, 4) is 11.5 Å². The van der Waals surface area contributed by atoms with Crippen LogP contribution in [0.4, 0.5) is 0 Å². The van der Waals surface area contributed by atoms with Crippen LogP contribution in [-0.2, 0) is 9.84 Å². The maximum Gasteiger partial charge on any atom is 0.231 e. The van der Waals surface area contributed by atoms with Gasteiger partial charge in [0.1, 0.15) is 0 Å². The molecule has 2 rings (SSSR count). The van der Waals surface area contributed by atoms with Gasteiger partial charge in [0.05, 0.1) is 10.6 Å². The van der Waals surface area contributed by atoms with Crippen molar-refractivity contribution >= 4 is 9.84 Å². The lowest BCUT2D eigenvalue weighted by atomic mass is 10.3. The molecule has 1 aromatic carbocycles. The Kier molecular flexibility index (Phi) is 2.11. The lowest BCUT2D eigenvalue weighted by Crippen LogP contribution is -2.03. The SMILES string of the molecule is CCS(=O)(=O)c1ccc2c(c1)OCO2. The van der Waals surface area contributed by atoms with Crippen LogP contribution < -0.4 is 9.47 Å². The predicted octanol–water partition coefficient (Wildman–Crippen LogP) is 1.21. The number of hydrogen-bond donors (Lipinski definition) is 0. The first-order valence-corrected chi connectivity index (χ1v) is 5.91. The summed E-state index contributed by atoms with van der Waals surface area (Å²) < 4.78 is 33.2. The van der Waals surface area contributed by atoms with Crippen LogP contribution in [0.25, 0.3) is 0 Å². The first kappa shape index (κ1) is 9.33. The highest BCUT2D eigenvalue weighted by molar-refractivity contribution is 7.91. The second-order valence-corrected chi connectivity index (χ2v) is 5.20. The van der Waals surface area contributed by atoms with E-state index < -0.39 is 9.84 Å². The summed E-state index contributed by atoms with van der Waals surface area (Å²) in [4.78, 5) is 0.282. The van der Waals surface area contributed by atoms with Gasteiger partial charge in [-0.15, -0.1) is 0 Å². The molecule has 0 aromatic heterocycles. The number of ether oxygens (including phenoxy) is 2. The molecular formula is C9H10O4S. The number of rotatable bonds is 2. The third-order valence-corrected chi connectivity index (χ3v) is 3.82. The minimum atomic E-state index is -3.16. The van der Waals surface area contributed by atoms with E-state index in [-0.39, 0.29) is 17.4 Å². The van der Waals surface area contributed by atoms with Gasteiger partial charge in [0.2, 0.25) is 6.79 Å². The molecule has 14 heavy (non-hydrogen) atoms. The topological polar surface area (TPSA) is 52.6 Å². The first-order valence-electron chi connectivity index (χ1n) is 4.26. The highest BCUT2D eigenvalue weighted by Crippen LogP contribution is 2.33. The highest BCUT2D eigenvalue weighted by Gasteiger charge is 2.18. The molecule has 4 nitrogen and oxygen atoms in total. The van der Waals surface area contributed by atoms with Crippen molar-refractivity contribution in [1.29, 1.82) is 0 Å². The Morgan fingerprint density at radius 1 is 1.29 bits per heavy atom. The molecule has 0 saturated carbocycles. The fourth-order valence-corrected chi connectivity index (χ4v) is 2.13. The highest BCUT2D eigenvalue weighted by atomic mass is 32.2. The summed E-state index contributed by atoms with van der Waals surface area (Å²) in [6.45, 7) is 1.77. The molecule has 76 valence electrons. The number of sulfone groups is 1. The quantitative estimate of drug-likeness (QED) is 0.742. The van der Waals surface area contributed by atoms with Crippen molar-refractivity contribution in [3.63, 3.8) is 0 Å². The summed E-state index contributed by atoms with van der Waals surface area (Å²) in [5.41, 5.74) is 0. The molecule has 0 radical (unpaired) electrons. The summed E-state index contributed by atoms with van der Waals surface area (Å²) in [7, 11) is -3.16. The van der Waals surface area contributed by atoms with Crippen LogP contribution in [0.1, 0.15) is 6.92 Å². The number of hydrogen-bond acceptors (Lipinski definition) is 4. The summed E-state index contributed by atoms with van der Waals surface area (Å²) in [5, 5.41) is 0. The van der Waals surface area contributed by atoms with E-state index in [1.165, 1.54) is 12.1 Å². The Hall–Kier alpha value is -1.23. The maximum atomic E-state index is 11.5. The molecule has 1 aliphatic rings. The molecular weight excluding hydrogens is 204 g/mol. The summed E-state index contributed by atoms with van der Waals surface area (Å²) in [6.07, 6.45) is 0. The van der Waals surface area contributed by atoms with Crippen LogP contribution in [0.2, 0.25) is 0 Å². The monoisotopic (exact) mass is 214 g/mol. The van der Waals surface area contributed by atoms with Crippen LogP contribution >= 0.6 is 0 Å². The van der Waals surface area contributed by atoms with Crippen LogP contribution in [-0.4, -0.2) is 21.0 Å². The minimum Gasteiger partial charge on any atom is -0.454 e. The van der Waals surface area contributed by atoms with Gasteiger partial charge in [-0.3, -0.25) is 0 Å². The Balaban J connectivity index is 2.48. The standard InChI is InChI=1S/C9H10O4S/c1-2-14(10,11)7-3-4-8-9(5-7)13-6-12-8/h3-5H,2,6H2,1H3. The largest absolute Gasteiger partial charge is 0.454 e. The Morgan fingerprint density at radius 2 is 2.00 bits per heavy atom. The molecule has 1 aromatic rings. The van der Waals surface area contributed by atoms with Crippen LogP contribution in [0.15, 0.2) is 23.1 Å². The molecule has 0 aliphatic carbocycles. The van der Waals surface area contributed by atoms with Gasteiger partial charge in [-0.25, -0.2) is 8.42 Å². The van der Waals surface area contributed by atoms with Crippen molar-refractivity contribution < 1.29 is 17.9 Å².